The van der Waals surface area contributed by atoms with Crippen LogP contribution in [0.15, 0.2) is 24.3 Å². The number of hydrogen-bond donors (Lipinski definition) is 1. The number of benzene rings is 1. The topological polar surface area (TPSA) is 40.5 Å². The zero-order valence-corrected chi connectivity index (χ0v) is 12.1. The van der Waals surface area contributed by atoms with Crippen molar-refractivity contribution in [3.05, 3.63) is 41.2 Å². The van der Waals surface area contributed by atoms with Crippen molar-refractivity contribution >= 4 is 12.0 Å². The van der Waals surface area contributed by atoms with Crippen LogP contribution >= 0.6 is 0 Å². The highest BCUT2D eigenvalue weighted by molar-refractivity contribution is 5.85. The van der Waals surface area contributed by atoms with Gasteiger partial charge in [0.1, 0.15) is 5.82 Å². The Kier molecular flexibility index (Phi) is 6.94. The maximum Gasteiger partial charge on any atom is 0.328 e. The molecule has 0 fully saturated rings. The van der Waals surface area contributed by atoms with Crippen molar-refractivity contribution in [2.24, 2.45) is 0 Å². The number of carboxylic acid groups (broad SMARTS) is 1. The maximum atomic E-state index is 13.6. The van der Waals surface area contributed by atoms with Crippen molar-refractivity contribution in [2.45, 2.75) is 33.2 Å². The summed E-state index contributed by atoms with van der Waals surface area (Å²) >= 11 is 0. The Bertz CT molecular complexity index is 472. The van der Waals surface area contributed by atoms with Crippen molar-refractivity contribution < 1.29 is 14.3 Å². The van der Waals surface area contributed by atoms with Crippen LogP contribution in [0, 0.1) is 5.82 Å². The van der Waals surface area contributed by atoms with Crippen LogP contribution in [0.3, 0.4) is 0 Å². The first-order valence-corrected chi connectivity index (χ1v) is 6.98. The Morgan fingerprint density at radius 1 is 1.35 bits per heavy atom. The van der Waals surface area contributed by atoms with Crippen molar-refractivity contribution in [1.29, 1.82) is 0 Å². The van der Waals surface area contributed by atoms with E-state index in [0.29, 0.717) is 12.1 Å². The summed E-state index contributed by atoms with van der Waals surface area (Å²) in [6, 6.07) is 4.68. The molecule has 1 rings (SSSR count). The second kappa shape index (κ2) is 8.48. The van der Waals surface area contributed by atoms with Gasteiger partial charge >= 0.3 is 5.97 Å². The predicted octanol–water partition coefficient (Wildman–Crippen LogP) is 3.55. The van der Waals surface area contributed by atoms with E-state index in [1.54, 1.807) is 0 Å². The van der Waals surface area contributed by atoms with Crippen molar-refractivity contribution in [3.8, 4) is 0 Å². The first-order valence-electron chi connectivity index (χ1n) is 6.98. The van der Waals surface area contributed by atoms with Crippen LogP contribution < -0.4 is 0 Å². The lowest BCUT2D eigenvalue weighted by atomic mass is 10.1. The van der Waals surface area contributed by atoms with E-state index in [-0.39, 0.29) is 5.82 Å². The summed E-state index contributed by atoms with van der Waals surface area (Å²) in [5.41, 5.74) is 1.45. The quantitative estimate of drug-likeness (QED) is 0.740. The number of hydrogen-bond acceptors (Lipinski definition) is 2. The van der Waals surface area contributed by atoms with Crippen LogP contribution in [-0.4, -0.2) is 29.1 Å². The fraction of sp³-hybridized carbons (Fsp3) is 0.438. The van der Waals surface area contributed by atoms with Gasteiger partial charge in [0.15, 0.2) is 0 Å². The van der Waals surface area contributed by atoms with Gasteiger partial charge in [-0.15, -0.1) is 0 Å². The van der Waals surface area contributed by atoms with Gasteiger partial charge in [-0.2, -0.15) is 0 Å². The highest BCUT2D eigenvalue weighted by atomic mass is 19.1. The maximum absolute atomic E-state index is 13.6. The summed E-state index contributed by atoms with van der Waals surface area (Å²) in [5.74, 6) is -1.37. The number of unbranched alkanes of at least 4 members (excludes halogenated alkanes) is 1. The van der Waals surface area contributed by atoms with Crippen LogP contribution in [0.25, 0.3) is 6.08 Å². The third-order valence-electron chi connectivity index (χ3n) is 3.08. The van der Waals surface area contributed by atoms with Gasteiger partial charge in [-0.05, 0) is 48.8 Å². The fourth-order valence-electron chi connectivity index (χ4n) is 2.02. The molecule has 0 saturated carbocycles. The number of rotatable bonds is 8. The molecule has 0 atom stereocenters. The molecule has 0 aliphatic carbocycles. The van der Waals surface area contributed by atoms with Crippen LogP contribution in [0.2, 0.25) is 0 Å². The minimum Gasteiger partial charge on any atom is -0.478 e. The Labute approximate surface area is 119 Å². The molecule has 0 saturated heterocycles. The van der Waals surface area contributed by atoms with Crippen LogP contribution in [0.1, 0.15) is 37.8 Å². The van der Waals surface area contributed by atoms with Gasteiger partial charge in [-0.1, -0.05) is 26.3 Å². The molecule has 0 amide bonds. The van der Waals surface area contributed by atoms with Crippen molar-refractivity contribution in [3.63, 3.8) is 0 Å². The molecule has 1 N–H and O–H groups in total. The second-order valence-electron chi connectivity index (χ2n) is 4.79. The molecular weight excluding hydrogens is 257 g/mol. The Morgan fingerprint density at radius 2 is 2.10 bits per heavy atom. The lowest BCUT2D eigenvalue weighted by molar-refractivity contribution is -0.131. The van der Waals surface area contributed by atoms with Gasteiger partial charge in [-0.25, -0.2) is 9.18 Å². The fourth-order valence-corrected chi connectivity index (χ4v) is 2.02. The third kappa shape index (κ3) is 5.97. The number of nitrogens with zero attached hydrogens (tertiary/aromatic N) is 1. The molecule has 20 heavy (non-hydrogen) atoms. The first kappa shape index (κ1) is 16.4. The van der Waals surface area contributed by atoms with E-state index in [0.717, 1.165) is 37.6 Å². The van der Waals surface area contributed by atoms with E-state index in [4.69, 9.17) is 5.11 Å². The summed E-state index contributed by atoms with van der Waals surface area (Å²) in [6.07, 6.45) is 4.69. The summed E-state index contributed by atoms with van der Waals surface area (Å²) in [5, 5.41) is 8.61. The van der Waals surface area contributed by atoms with Gasteiger partial charge < -0.3 is 5.11 Å². The third-order valence-corrected chi connectivity index (χ3v) is 3.08. The molecule has 1 aromatic rings. The molecule has 0 spiro atoms. The van der Waals surface area contributed by atoms with E-state index in [9.17, 15) is 9.18 Å². The Balaban J connectivity index is 2.81. The normalized spacial score (nSPS) is 11.4. The minimum absolute atomic E-state index is 0.334. The standard InChI is InChI=1S/C16H22FNO2/c1-3-5-8-18(4-2)12-14-9-13(6-7-16(19)20)10-15(17)11-14/h6-7,9-11H,3-5,8,12H2,1-2H3,(H,19,20). The second-order valence-corrected chi connectivity index (χ2v) is 4.79. The van der Waals surface area contributed by atoms with Gasteiger partial charge in [0.05, 0.1) is 0 Å². The molecule has 1 aromatic carbocycles. The summed E-state index contributed by atoms with van der Waals surface area (Å²) in [4.78, 5) is 12.7. The lowest BCUT2D eigenvalue weighted by Gasteiger charge is -2.20. The van der Waals surface area contributed by atoms with E-state index in [1.165, 1.54) is 18.2 Å². The molecule has 0 bridgehead atoms. The van der Waals surface area contributed by atoms with Crippen LogP contribution in [0.5, 0.6) is 0 Å². The van der Waals surface area contributed by atoms with Crippen molar-refractivity contribution in [2.75, 3.05) is 13.1 Å². The molecule has 110 valence electrons. The van der Waals surface area contributed by atoms with E-state index in [1.807, 2.05) is 6.07 Å². The molecule has 0 aromatic heterocycles. The zero-order valence-electron chi connectivity index (χ0n) is 12.1. The van der Waals surface area contributed by atoms with Crippen LogP contribution in [0.4, 0.5) is 4.39 Å². The highest BCUT2D eigenvalue weighted by Crippen LogP contribution is 2.13. The SMILES string of the molecule is CCCCN(CC)Cc1cc(F)cc(C=CC(=O)O)c1. The first-order chi connectivity index (χ1) is 9.55. The summed E-state index contributed by atoms with van der Waals surface area (Å²) in [7, 11) is 0. The summed E-state index contributed by atoms with van der Waals surface area (Å²) < 4.78 is 13.6. The molecule has 4 heteroatoms. The van der Waals surface area contributed by atoms with Gasteiger partial charge in [0.25, 0.3) is 0 Å². The monoisotopic (exact) mass is 279 g/mol. The van der Waals surface area contributed by atoms with E-state index >= 15 is 0 Å². The van der Waals surface area contributed by atoms with Crippen LogP contribution in [-0.2, 0) is 11.3 Å². The molecule has 0 heterocycles. The van der Waals surface area contributed by atoms with Gasteiger partial charge in [0, 0.05) is 12.6 Å². The van der Waals surface area contributed by atoms with Gasteiger partial charge in [0.2, 0.25) is 0 Å². The Morgan fingerprint density at radius 3 is 2.70 bits per heavy atom. The number of aliphatic carboxylic acids is 1. The minimum atomic E-state index is -1.03. The van der Waals surface area contributed by atoms with E-state index < -0.39 is 5.97 Å². The largest absolute Gasteiger partial charge is 0.478 e. The van der Waals surface area contributed by atoms with Crippen molar-refractivity contribution in [1.82, 2.24) is 4.90 Å². The Hall–Kier alpha value is -1.68. The molecule has 0 aliphatic heterocycles. The summed E-state index contributed by atoms with van der Waals surface area (Å²) in [6.45, 7) is 6.81. The highest BCUT2D eigenvalue weighted by Gasteiger charge is 2.05. The molecule has 0 aliphatic rings. The van der Waals surface area contributed by atoms with Gasteiger partial charge in [-0.3, -0.25) is 4.90 Å². The van der Waals surface area contributed by atoms with E-state index in [2.05, 4.69) is 18.7 Å². The smallest absolute Gasteiger partial charge is 0.328 e. The predicted molar refractivity (Wildman–Crippen MR) is 78.9 cm³/mol. The molecule has 0 radical (unpaired) electrons. The molecule has 0 unspecified atom stereocenters. The lowest BCUT2D eigenvalue weighted by Crippen LogP contribution is -2.24. The zero-order chi connectivity index (χ0) is 15.0. The average molecular weight is 279 g/mol. The average Bonchev–Trinajstić information content (AvgIpc) is 2.40. The molecular formula is C16H22FNO2. The number of carboxylic acids is 1. The molecule has 3 nitrogen and oxygen atoms in total. The number of halogens is 1. The number of carbonyl (C=O) groups is 1.